The van der Waals surface area contributed by atoms with Gasteiger partial charge in [0.2, 0.25) is 5.95 Å². The first-order valence-electron chi connectivity index (χ1n) is 7.89. The second-order valence-electron chi connectivity index (χ2n) is 5.93. The number of fused-ring (bicyclic) bond motifs is 2. The quantitative estimate of drug-likeness (QED) is 0.431. The van der Waals surface area contributed by atoms with Crippen LogP contribution in [0.25, 0.3) is 21.9 Å². The van der Waals surface area contributed by atoms with Gasteiger partial charge in [-0.3, -0.25) is 0 Å². The number of H-pyrrole nitrogens is 1. The predicted molar refractivity (Wildman–Crippen MR) is 91.5 cm³/mol. The fourth-order valence-electron chi connectivity index (χ4n) is 3.00. The van der Waals surface area contributed by atoms with Crippen molar-refractivity contribution in [1.82, 2.24) is 14.6 Å². The minimum Gasteiger partial charge on any atom is -0.359 e. The van der Waals surface area contributed by atoms with E-state index < -0.39 is 29.2 Å². The highest BCUT2D eigenvalue weighted by molar-refractivity contribution is 5.95. The van der Waals surface area contributed by atoms with Crippen LogP contribution in [0.15, 0.2) is 30.5 Å². The number of alkyl halides is 3. The molecule has 146 valence electrons. The third kappa shape index (κ3) is 2.70. The zero-order valence-electron chi connectivity index (χ0n) is 14.0. The van der Waals surface area contributed by atoms with Crippen LogP contribution in [0.3, 0.4) is 0 Å². The number of anilines is 2. The summed E-state index contributed by atoms with van der Waals surface area (Å²) in [6.45, 7) is 0. The normalized spacial score (nSPS) is 12.1. The van der Waals surface area contributed by atoms with Crippen molar-refractivity contribution >= 4 is 33.6 Å². The van der Waals surface area contributed by atoms with Crippen molar-refractivity contribution in [3.05, 3.63) is 53.5 Å². The number of rotatable bonds is 3. The van der Waals surface area contributed by atoms with Crippen LogP contribution in [0.2, 0.25) is 0 Å². The van der Waals surface area contributed by atoms with Crippen LogP contribution in [-0.4, -0.2) is 21.7 Å². The van der Waals surface area contributed by atoms with Gasteiger partial charge in [0.15, 0.2) is 17.5 Å². The topological polar surface area (TPSA) is 57.7 Å². The van der Waals surface area contributed by atoms with Gasteiger partial charge < -0.3 is 15.7 Å². The molecule has 0 aliphatic heterocycles. The molecule has 2 aromatic heterocycles. The number of imidazole rings is 1. The third-order valence-electron chi connectivity index (χ3n) is 4.24. The zero-order chi connectivity index (χ0) is 20.2. The van der Waals surface area contributed by atoms with E-state index in [1.807, 2.05) is 0 Å². The fraction of sp³-hybridized carbons (Fsp3) is 0.118. The van der Waals surface area contributed by atoms with Crippen LogP contribution in [-0.2, 0) is 6.18 Å². The summed E-state index contributed by atoms with van der Waals surface area (Å²) in [6.07, 6.45) is -3.41. The van der Waals surface area contributed by atoms with E-state index in [0.717, 1.165) is 10.7 Å². The Bertz CT molecular complexity index is 1210. The maximum Gasteiger partial charge on any atom is 0.416 e. The number of hydrogen-bond donors (Lipinski definition) is 3. The summed E-state index contributed by atoms with van der Waals surface area (Å²) in [6, 6.07) is 3.35. The average molecular weight is 399 g/mol. The Morgan fingerprint density at radius 2 is 1.82 bits per heavy atom. The summed E-state index contributed by atoms with van der Waals surface area (Å²) in [5.74, 6) is -3.44. The van der Waals surface area contributed by atoms with Gasteiger partial charge >= 0.3 is 6.18 Å². The largest absolute Gasteiger partial charge is 0.416 e. The van der Waals surface area contributed by atoms with Crippen LogP contribution in [0.4, 0.5) is 38.0 Å². The minimum atomic E-state index is -4.75. The molecule has 4 aromatic rings. The van der Waals surface area contributed by atoms with E-state index in [9.17, 15) is 26.3 Å². The highest BCUT2D eigenvalue weighted by atomic mass is 19.4. The van der Waals surface area contributed by atoms with Gasteiger partial charge in [0.25, 0.3) is 0 Å². The fourth-order valence-corrected chi connectivity index (χ4v) is 3.00. The molecular formula is C17H11F6N5. The predicted octanol–water partition coefficient (Wildman–Crippen LogP) is 4.87. The van der Waals surface area contributed by atoms with E-state index >= 15 is 0 Å². The van der Waals surface area contributed by atoms with Crippen molar-refractivity contribution < 1.29 is 26.3 Å². The monoisotopic (exact) mass is 399 g/mol. The van der Waals surface area contributed by atoms with Crippen LogP contribution in [0.5, 0.6) is 0 Å². The highest BCUT2D eigenvalue weighted by Crippen LogP contribution is 2.35. The van der Waals surface area contributed by atoms with Crippen molar-refractivity contribution in [3.8, 4) is 0 Å². The Morgan fingerprint density at radius 1 is 1.07 bits per heavy atom. The first kappa shape index (κ1) is 18.0. The molecule has 0 aliphatic rings. The van der Waals surface area contributed by atoms with Crippen molar-refractivity contribution in [2.45, 2.75) is 6.18 Å². The molecule has 0 fully saturated rings. The van der Waals surface area contributed by atoms with Gasteiger partial charge in [-0.2, -0.15) is 13.2 Å². The number of benzene rings is 2. The molecule has 0 bridgehead atoms. The van der Waals surface area contributed by atoms with Crippen molar-refractivity contribution in [1.29, 1.82) is 0 Å². The summed E-state index contributed by atoms with van der Waals surface area (Å²) in [7, 11) is 1.40. The van der Waals surface area contributed by atoms with Crippen molar-refractivity contribution in [2.75, 3.05) is 17.8 Å². The molecule has 2 heterocycles. The highest BCUT2D eigenvalue weighted by Gasteiger charge is 2.32. The number of aromatic nitrogens is 3. The Balaban J connectivity index is 1.88. The zero-order valence-corrected chi connectivity index (χ0v) is 14.0. The standard InChI is InChI=1S/C17H11F6N5/c1-24-28-15-9(19)4-7(17(21,22)23)5-11(15)26-16(28)27-12-6-25-10-3-2-8(18)14(20)13(10)12/h2-6,24-25H,1H3,(H,26,27). The molecular weight excluding hydrogens is 388 g/mol. The smallest absolute Gasteiger partial charge is 0.359 e. The first-order valence-corrected chi connectivity index (χ1v) is 7.89. The van der Waals surface area contributed by atoms with Gasteiger partial charge in [0, 0.05) is 13.2 Å². The van der Waals surface area contributed by atoms with Crippen molar-refractivity contribution in [2.24, 2.45) is 0 Å². The van der Waals surface area contributed by atoms with Gasteiger partial charge in [-0.25, -0.2) is 22.8 Å². The molecule has 28 heavy (non-hydrogen) atoms. The molecule has 0 saturated heterocycles. The second-order valence-corrected chi connectivity index (χ2v) is 5.93. The summed E-state index contributed by atoms with van der Waals surface area (Å²) in [5, 5.41) is 2.59. The van der Waals surface area contributed by atoms with E-state index in [4.69, 9.17) is 0 Å². The third-order valence-corrected chi connectivity index (χ3v) is 4.24. The molecule has 2 aromatic carbocycles. The molecule has 0 saturated carbocycles. The lowest BCUT2D eigenvalue weighted by Crippen LogP contribution is -2.13. The average Bonchev–Trinajstić information content (AvgIpc) is 3.19. The number of hydrogen-bond acceptors (Lipinski definition) is 3. The summed E-state index contributed by atoms with van der Waals surface area (Å²) < 4.78 is 81.9. The summed E-state index contributed by atoms with van der Waals surface area (Å²) in [4.78, 5) is 6.71. The lowest BCUT2D eigenvalue weighted by atomic mass is 10.2. The summed E-state index contributed by atoms with van der Waals surface area (Å²) in [5.41, 5.74) is 1.28. The number of halogens is 6. The second kappa shape index (κ2) is 6.08. The maximum atomic E-state index is 14.3. The molecule has 0 unspecified atom stereocenters. The van der Waals surface area contributed by atoms with E-state index in [1.165, 1.54) is 19.3 Å². The Labute approximate surface area is 152 Å². The minimum absolute atomic E-state index is 0.0789. The van der Waals surface area contributed by atoms with E-state index in [0.29, 0.717) is 17.6 Å². The van der Waals surface area contributed by atoms with Gasteiger partial charge in [0.1, 0.15) is 5.52 Å². The molecule has 0 spiro atoms. The molecule has 0 amide bonds. The van der Waals surface area contributed by atoms with E-state index in [-0.39, 0.29) is 28.1 Å². The Hall–Kier alpha value is -3.37. The van der Waals surface area contributed by atoms with Crippen LogP contribution in [0.1, 0.15) is 5.56 Å². The van der Waals surface area contributed by atoms with Gasteiger partial charge in [-0.05, 0) is 24.3 Å². The van der Waals surface area contributed by atoms with Crippen LogP contribution < -0.4 is 10.7 Å². The van der Waals surface area contributed by atoms with Gasteiger partial charge in [-0.15, -0.1) is 0 Å². The molecule has 0 atom stereocenters. The van der Waals surface area contributed by atoms with E-state index in [1.54, 1.807) is 0 Å². The Kier molecular flexibility index (Phi) is 3.91. The van der Waals surface area contributed by atoms with Crippen molar-refractivity contribution in [3.63, 3.8) is 0 Å². The number of nitrogens with zero attached hydrogens (tertiary/aromatic N) is 2. The molecule has 4 rings (SSSR count). The molecule has 5 nitrogen and oxygen atoms in total. The first-order chi connectivity index (χ1) is 13.2. The summed E-state index contributed by atoms with van der Waals surface area (Å²) >= 11 is 0. The van der Waals surface area contributed by atoms with E-state index in [2.05, 4.69) is 20.7 Å². The number of nitrogens with one attached hydrogen (secondary N) is 3. The molecule has 3 N–H and O–H groups in total. The van der Waals surface area contributed by atoms with Gasteiger partial charge in [-0.1, -0.05) is 0 Å². The lowest BCUT2D eigenvalue weighted by Gasteiger charge is -2.10. The van der Waals surface area contributed by atoms with Crippen LogP contribution in [0, 0.1) is 17.5 Å². The lowest BCUT2D eigenvalue weighted by molar-refractivity contribution is -0.137. The van der Waals surface area contributed by atoms with Gasteiger partial charge in [0.05, 0.1) is 27.7 Å². The molecule has 0 radical (unpaired) electrons. The maximum absolute atomic E-state index is 14.3. The Morgan fingerprint density at radius 3 is 2.50 bits per heavy atom. The number of aromatic amines is 1. The molecule has 0 aliphatic carbocycles. The SMILES string of the molecule is CNn1c(Nc2c[nH]c3ccc(F)c(F)c23)nc2cc(C(F)(F)F)cc(F)c21. The molecule has 11 heteroatoms. The van der Waals surface area contributed by atoms with Crippen LogP contribution >= 0.6 is 0 Å².